The number of carbonyl (C=O) groups excluding carboxylic acids is 3. The number of hydrogen-bond donors (Lipinski definition) is 0. The normalized spacial score (nSPS) is 22.5. The molecule has 0 aliphatic carbocycles. The molecule has 4 aromatic rings. The van der Waals surface area contributed by atoms with E-state index in [4.69, 9.17) is 4.74 Å². The lowest BCUT2D eigenvalue weighted by Gasteiger charge is -2.35. The molecule has 4 atom stereocenters. The number of benzene rings is 4. The van der Waals surface area contributed by atoms with Gasteiger partial charge in [0.1, 0.15) is 11.9 Å². The predicted molar refractivity (Wildman–Crippen MR) is 151 cm³/mol. The number of anilines is 1. The molecule has 0 radical (unpaired) electrons. The summed E-state index contributed by atoms with van der Waals surface area (Å²) in [7, 11) is 0. The molecule has 0 spiro atoms. The molecular formula is C34H25FN2O4. The van der Waals surface area contributed by atoms with Gasteiger partial charge in [0, 0.05) is 6.20 Å². The van der Waals surface area contributed by atoms with E-state index in [9.17, 15) is 18.8 Å². The lowest BCUT2D eigenvalue weighted by molar-refractivity contribution is -0.155. The van der Waals surface area contributed by atoms with Gasteiger partial charge in [-0.3, -0.25) is 9.59 Å². The number of nitrogens with zero attached hydrogens (tertiary/aromatic N) is 2. The zero-order chi connectivity index (χ0) is 28.1. The maximum atomic E-state index is 14.9. The quantitative estimate of drug-likeness (QED) is 0.239. The van der Waals surface area contributed by atoms with E-state index in [2.05, 4.69) is 0 Å². The Hall–Kier alpha value is -5.04. The van der Waals surface area contributed by atoms with Crippen LogP contribution < -0.4 is 4.90 Å². The van der Waals surface area contributed by atoms with Crippen molar-refractivity contribution in [3.05, 3.63) is 143 Å². The van der Waals surface area contributed by atoms with Gasteiger partial charge >= 0.3 is 5.97 Å². The van der Waals surface area contributed by atoms with Crippen molar-refractivity contribution in [3.8, 4) is 0 Å². The Morgan fingerprint density at radius 3 is 2.00 bits per heavy atom. The molecule has 0 N–H and O–H groups in total. The third-order valence-corrected chi connectivity index (χ3v) is 8.24. The highest BCUT2D eigenvalue weighted by molar-refractivity contribution is 6.24. The van der Waals surface area contributed by atoms with Gasteiger partial charge < -0.3 is 9.64 Å². The molecule has 0 unspecified atom stereocenters. The molecule has 202 valence electrons. The first-order valence-corrected chi connectivity index (χ1v) is 13.5. The highest BCUT2D eigenvalue weighted by Gasteiger charge is 2.65. The number of carbonyl (C=O) groups is 3. The fourth-order valence-corrected chi connectivity index (χ4v) is 6.47. The van der Waals surface area contributed by atoms with Gasteiger partial charge in [-0.2, -0.15) is 0 Å². The maximum absolute atomic E-state index is 14.9. The Labute approximate surface area is 236 Å². The number of para-hydroxylation sites is 1. The van der Waals surface area contributed by atoms with Crippen LogP contribution in [-0.4, -0.2) is 28.7 Å². The summed E-state index contributed by atoms with van der Waals surface area (Å²) in [5.74, 6) is -4.38. The van der Waals surface area contributed by atoms with Gasteiger partial charge in [0.15, 0.2) is 6.10 Å². The van der Waals surface area contributed by atoms with Crippen molar-refractivity contribution in [2.45, 2.75) is 18.2 Å². The van der Waals surface area contributed by atoms with E-state index < -0.39 is 53.6 Å². The Morgan fingerprint density at radius 1 is 0.732 bits per heavy atom. The van der Waals surface area contributed by atoms with Crippen LogP contribution in [0.3, 0.4) is 0 Å². The molecule has 7 heteroatoms. The second-order valence-electron chi connectivity index (χ2n) is 10.4. The molecule has 0 aromatic heterocycles. The molecule has 3 aliphatic rings. The Morgan fingerprint density at radius 2 is 1.32 bits per heavy atom. The zero-order valence-corrected chi connectivity index (χ0v) is 21.8. The Bertz CT molecular complexity index is 1650. The third kappa shape index (κ3) is 3.96. The van der Waals surface area contributed by atoms with E-state index in [0.717, 1.165) is 27.2 Å². The second kappa shape index (κ2) is 9.86. The first-order valence-electron chi connectivity index (χ1n) is 13.5. The summed E-state index contributed by atoms with van der Waals surface area (Å²) in [6.07, 6.45) is 2.92. The van der Waals surface area contributed by atoms with Gasteiger partial charge in [0.2, 0.25) is 11.8 Å². The number of ether oxygens (including phenoxy) is 1. The molecule has 2 saturated heterocycles. The summed E-state index contributed by atoms with van der Waals surface area (Å²) in [6, 6.07) is 30.4. The molecule has 4 aromatic carbocycles. The lowest BCUT2D eigenvalue weighted by atomic mass is 9.84. The largest absolute Gasteiger partial charge is 0.451 e. The van der Waals surface area contributed by atoms with E-state index in [1.165, 1.54) is 18.2 Å². The third-order valence-electron chi connectivity index (χ3n) is 8.24. The van der Waals surface area contributed by atoms with Crippen LogP contribution in [0.4, 0.5) is 10.1 Å². The molecule has 3 heterocycles. The number of hydrogen-bond acceptors (Lipinski definition) is 5. The van der Waals surface area contributed by atoms with E-state index in [0.29, 0.717) is 0 Å². The highest BCUT2D eigenvalue weighted by atomic mass is 19.1. The summed E-state index contributed by atoms with van der Waals surface area (Å²) in [4.78, 5) is 44.9. The maximum Gasteiger partial charge on any atom is 0.330 e. The van der Waals surface area contributed by atoms with Crippen molar-refractivity contribution in [1.29, 1.82) is 0 Å². The number of fused-ring (bicyclic) bond motifs is 5. The van der Waals surface area contributed by atoms with Crippen molar-refractivity contribution < 1.29 is 23.5 Å². The first kappa shape index (κ1) is 25.0. The zero-order valence-electron chi connectivity index (χ0n) is 21.8. The summed E-state index contributed by atoms with van der Waals surface area (Å²) in [6.45, 7) is 0. The fourth-order valence-electron chi connectivity index (χ4n) is 6.47. The minimum atomic E-state index is -1.09. The van der Waals surface area contributed by atoms with Crippen LogP contribution in [0.25, 0.3) is 6.08 Å². The molecular weight excluding hydrogens is 519 g/mol. The number of amides is 2. The molecule has 3 aliphatic heterocycles. The van der Waals surface area contributed by atoms with Crippen molar-refractivity contribution in [3.63, 3.8) is 0 Å². The summed E-state index contributed by atoms with van der Waals surface area (Å²) in [5.41, 5.74) is 3.18. The van der Waals surface area contributed by atoms with E-state index in [1.54, 1.807) is 17.2 Å². The predicted octanol–water partition coefficient (Wildman–Crippen LogP) is 5.67. The highest BCUT2D eigenvalue weighted by Crippen LogP contribution is 2.53. The van der Waals surface area contributed by atoms with Crippen LogP contribution in [-0.2, 0) is 19.1 Å². The van der Waals surface area contributed by atoms with Crippen molar-refractivity contribution in [1.82, 2.24) is 4.90 Å². The summed E-state index contributed by atoms with van der Waals surface area (Å²) < 4.78 is 21.1. The summed E-state index contributed by atoms with van der Waals surface area (Å²) in [5, 5.41) is 0. The SMILES string of the molecule is O=C(OC(c1ccccc1)c1ccccc1)[C@H]1[C@@H]2C(=O)N(c3ccccc3F)C(=O)[C@@H]2[C@H]2c3ccccc3C=CN21. The van der Waals surface area contributed by atoms with Gasteiger partial charge in [-0.15, -0.1) is 0 Å². The monoisotopic (exact) mass is 544 g/mol. The first-order chi connectivity index (χ1) is 20.0. The molecule has 0 saturated carbocycles. The van der Waals surface area contributed by atoms with Crippen LogP contribution in [0.2, 0.25) is 0 Å². The van der Waals surface area contributed by atoms with E-state index in [1.807, 2.05) is 91.0 Å². The average molecular weight is 545 g/mol. The molecule has 0 bridgehead atoms. The van der Waals surface area contributed by atoms with Crippen LogP contribution >= 0.6 is 0 Å². The number of esters is 1. The second-order valence-corrected chi connectivity index (χ2v) is 10.4. The van der Waals surface area contributed by atoms with Crippen LogP contribution in [0.5, 0.6) is 0 Å². The van der Waals surface area contributed by atoms with Crippen molar-refractivity contribution in [2.24, 2.45) is 11.8 Å². The standard InChI is InChI=1S/C34H25FN2O4/c35-25-17-9-10-18-26(25)37-32(38)27-28(33(37)39)30(36-20-19-21-11-7-8-16-24(21)29(27)36)34(40)41-31(22-12-3-1-4-13-22)23-14-5-2-6-15-23/h1-20,27-31H/t27-,28+,29+,30+/m0/s1. The molecule has 2 amide bonds. The van der Waals surface area contributed by atoms with E-state index >= 15 is 0 Å². The molecule has 6 nitrogen and oxygen atoms in total. The van der Waals surface area contributed by atoms with Crippen LogP contribution in [0, 0.1) is 17.7 Å². The molecule has 41 heavy (non-hydrogen) atoms. The van der Waals surface area contributed by atoms with E-state index in [-0.39, 0.29) is 5.69 Å². The van der Waals surface area contributed by atoms with Gasteiger partial charge in [-0.05, 0) is 40.5 Å². The van der Waals surface area contributed by atoms with Crippen molar-refractivity contribution >= 4 is 29.5 Å². The smallest absolute Gasteiger partial charge is 0.330 e. The fraction of sp³-hybridized carbons (Fsp3) is 0.147. The van der Waals surface area contributed by atoms with Crippen LogP contribution in [0.15, 0.2) is 115 Å². The average Bonchev–Trinajstić information content (AvgIpc) is 3.49. The minimum absolute atomic E-state index is 0.110. The summed E-state index contributed by atoms with van der Waals surface area (Å²) >= 11 is 0. The van der Waals surface area contributed by atoms with Gasteiger partial charge in [0.25, 0.3) is 0 Å². The number of rotatable bonds is 5. The Balaban J connectivity index is 1.32. The number of imide groups is 1. The molecule has 7 rings (SSSR count). The van der Waals surface area contributed by atoms with Crippen molar-refractivity contribution in [2.75, 3.05) is 4.90 Å². The Kier molecular flexibility index (Phi) is 6.00. The van der Waals surface area contributed by atoms with Gasteiger partial charge in [-0.25, -0.2) is 14.1 Å². The topological polar surface area (TPSA) is 66.9 Å². The number of halogens is 1. The van der Waals surface area contributed by atoms with Gasteiger partial charge in [0.05, 0.1) is 23.6 Å². The van der Waals surface area contributed by atoms with Crippen LogP contribution in [0.1, 0.15) is 34.4 Å². The molecule has 2 fully saturated rings. The lowest BCUT2D eigenvalue weighted by Crippen LogP contribution is -2.45. The van der Waals surface area contributed by atoms with Gasteiger partial charge in [-0.1, -0.05) is 97.1 Å². The minimum Gasteiger partial charge on any atom is -0.451 e.